The highest BCUT2D eigenvalue weighted by molar-refractivity contribution is 5.58. The monoisotopic (exact) mass is 352 g/mol. The summed E-state index contributed by atoms with van der Waals surface area (Å²) in [6, 6.07) is 8.65. The highest BCUT2D eigenvalue weighted by Crippen LogP contribution is 2.51. The molecule has 1 aromatic carbocycles. The Labute approximate surface area is 155 Å². The minimum absolute atomic E-state index is 0.182. The van der Waals surface area contributed by atoms with Crippen molar-refractivity contribution in [1.82, 2.24) is 14.8 Å². The van der Waals surface area contributed by atoms with Crippen LogP contribution in [0.5, 0.6) is 5.75 Å². The van der Waals surface area contributed by atoms with Gasteiger partial charge in [-0.25, -0.2) is 4.68 Å². The first-order chi connectivity index (χ1) is 12.8. The minimum Gasteiger partial charge on any atom is -0.497 e. The van der Waals surface area contributed by atoms with Gasteiger partial charge in [0.1, 0.15) is 5.75 Å². The van der Waals surface area contributed by atoms with Gasteiger partial charge in [-0.1, -0.05) is 32.1 Å². The Morgan fingerprint density at radius 1 is 1.04 bits per heavy atom. The maximum atomic E-state index is 5.28. The fraction of sp³-hybridized carbons (Fsp3) is 0.619. The summed E-state index contributed by atoms with van der Waals surface area (Å²) in [6.07, 6.45) is 11.8. The first kappa shape index (κ1) is 16.2. The molecule has 2 atom stereocenters. The van der Waals surface area contributed by atoms with E-state index in [1.165, 1.54) is 57.8 Å². The Hall–Kier alpha value is -2.04. The van der Waals surface area contributed by atoms with Crippen LogP contribution in [0.1, 0.15) is 57.8 Å². The number of nitrogens with zero attached hydrogens (tertiary/aromatic N) is 3. The SMILES string of the molecule is COc1ccc(-c2nc3n(n2)C2(CCCCC2)[C@@H]2CCCC[C@@H]2N3)cc1. The van der Waals surface area contributed by atoms with Crippen molar-refractivity contribution in [3.8, 4) is 17.1 Å². The Morgan fingerprint density at radius 2 is 1.81 bits per heavy atom. The molecule has 5 rings (SSSR count). The first-order valence-corrected chi connectivity index (χ1v) is 10.2. The van der Waals surface area contributed by atoms with E-state index in [0.29, 0.717) is 12.0 Å². The van der Waals surface area contributed by atoms with Crippen LogP contribution >= 0.6 is 0 Å². The zero-order valence-electron chi connectivity index (χ0n) is 15.6. The van der Waals surface area contributed by atoms with Crippen LogP contribution in [0.2, 0.25) is 0 Å². The molecule has 2 fully saturated rings. The van der Waals surface area contributed by atoms with Crippen LogP contribution in [0, 0.1) is 5.92 Å². The summed E-state index contributed by atoms with van der Waals surface area (Å²) in [5.74, 6) is 3.39. The van der Waals surface area contributed by atoms with Crippen LogP contribution in [0.25, 0.3) is 11.4 Å². The third-order valence-electron chi connectivity index (χ3n) is 6.87. The van der Waals surface area contributed by atoms with Gasteiger partial charge in [0, 0.05) is 17.5 Å². The van der Waals surface area contributed by atoms with Gasteiger partial charge < -0.3 is 10.1 Å². The molecule has 2 heterocycles. The molecule has 2 aliphatic carbocycles. The molecule has 0 amide bonds. The van der Waals surface area contributed by atoms with Gasteiger partial charge in [0.05, 0.1) is 12.6 Å². The van der Waals surface area contributed by atoms with Crippen molar-refractivity contribution in [3.05, 3.63) is 24.3 Å². The van der Waals surface area contributed by atoms with Crippen LogP contribution < -0.4 is 10.1 Å². The number of nitrogens with one attached hydrogen (secondary N) is 1. The Balaban J connectivity index is 1.58. The van der Waals surface area contributed by atoms with Gasteiger partial charge in [0.2, 0.25) is 5.95 Å². The highest BCUT2D eigenvalue weighted by Gasteiger charge is 2.51. The van der Waals surface area contributed by atoms with E-state index >= 15 is 0 Å². The normalized spacial score (nSPS) is 26.7. The molecule has 26 heavy (non-hydrogen) atoms. The second kappa shape index (κ2) is 6.29. The van der Waals surface area contributed by atoms with Crippen LogP contribution in [-0.4, -0.2) is 27.9 Å². The van der Waals surface area contributed by atoms with E-state index in [4.69, 9.17) is 14.8 Å². The molecule has 0 unspecified atom stereocenters. The van der Waals surface area contributed by atoms with E-state index in [1.807, 2.05) is 12.1 Å². The predicted octanol–water partition coefficient (Wildman–Crippen LogP) is 4.60. The standard InChI is InChI=1S/C21H28N4O/c1-26-16-11-9-15(10-12-16)19-23-20-22-18-8-4-3-7-17(18)21(25(20)24-19)13-5-2-6-14-21/h9-12,17-18H,2-8,13-14H2,1H3,(H,22,23,24)/t17-,18+/m1/s1. The van der Waals surface area contributed by atoms with Gasteiger partial charge in [-0.05, 0) is 49.9 Å². The van der Waals surface area contributed by atoms with Crippen LogP contribution in [-0.2, 0) is 5.54 Å². The zero-order valence-corrected chi connectivity index (χ0v) is 15.6. The van der Waals surface area contributed by atoms with Gasteiger partial charge in [-0.2, -0.15) is 4.98 Å². The topological polar surface area (TPSA) is 52.0 Å². The van der Waals surface area contributed by atoms with Gasteiger partial charge in [-0.15, -0.1) is 5.10 Å². The largest absolute Gasteiger partial charge is 0.497 e. The molecule has 1 N–H and O–H groups in total. The lowest BCUT2D eigenvalue weighted by Crippen LogP contribution is -2.55. The van der Waals surface area contributed by atoms with Gasteiger partial charge in [0.15, 0.2) is 5.82 Å². The molecule has 1 spiro atoms. The van der Waals surface area contributed by atoms with Crippen molar-refractivity contribution < 1.29 is 4.74 Å². The van der Waals surface area contributed by atoms with Crippen LogP contribution in [0.15, 0.2) is 24.3 Å². The zero-order chi connectivity index (χ0) is 17.6. The number of ether oxygens (including phenoxy) is 1. The molecule has 2 saturated carbocycles. The average molecular weight is 352 g/mol. The van der Waals surface area contributed by atoms with E-state index in [-0.39, 0.29) is 5.54 Å². The molecule has 2 aromatic rings. The average Bonchev–Trinajstić information content (AvgIpc) is 3.14. The van der Waals surface area contributed by atoms with E-state index in [0.717, 1.165) is 23.1 Å². The van der Waals surface area contributed by atoms with Crippen molar-refractivity contribution in [2.45, 2.75) is 69.4 Å². The molecule has 1 aliphatic heterocycles. The molecule has 1 aromatic heterocycles. The third kappa shape index (κ3) is 2.43. The molecule has 138 valence electrons. The maximum Gasteiger partial charge on any atom is 0.222 e. The van der Waals surface area contributed by atoms with Crippen molar-refractivity contribution in [2.24, 2.45) is 5.92 Å². The summed E-state index contributed by atoms with van der Waals surface area (Å²) in [5, 5.41) is 8.79. The number of hydrogen-bond donors (Lipinski definition) is 1. The summed E-state index contributed by atoms with van der Waals surface area (Å²) in [5.41, 5.74) is 1.24. The van der Waals surface area contributed by atoms with E-state index < -0.39 is 0 Å². The summed E-state index contributed by atoms with van der Waals surface area (Å²) < 4.78 is 7.57. The number of hydrogen-bond acceptors (Lipinski definition) is 4. The number of benzene rings is 1. The van der Waals surface area contributed by atoms with Crippen molar-refractivity contribution in [1.29, 1.82) is 0 Å². The highest BCUT2D eigenvalue weighted by atomic mass is 16.5. The minimum atomic E-state index is 0.182. The fourth-order valence-corrected chi connectivity index (χ4v) is 5.59. The van der Waals surface area contributed by atoms with Gasteiger partial charge >= 0.3 is 0 Å². The van der Waals surface area contributed by atoms with E-state index in [9.17, 15) is 0 Å². The Kier molecular flexibility index (Phi) is 3.91. The molecule has 0 saturated heterocycles. The molecule has 5 heteroatoms. The second-order valence-corrected chi connectivity index (χ2v) is 8.21. The molecular formula is C21H28N4O. The number of rotatable bonds is 2. The predicted molar refractivity (Wildman–Crippen MR) is 102 cm³/mol. The summed E-state index contributed by atoms with van der Waals surface area (Å²) in [6.45, 7) is 0. The Bertz CT molecular complexity index is 776. The van der Waals surface area contributed by atoms with E-state index in [1.54, 1.807) is 7.11 Å². The lowest BCUT2D eigenvalue weighted by Gasteiger charge is -2.52. The fourth-order valence-electron chi connectivity index (χ4n) is 5.59. The first-order valence-electron chi connectivity index (χ1n) is 10.2. The Morgan fingerprint density at radius 3 is 2.58 bits per heavy atom. The number of methoxy groups -OCH3 is 1. The van der Waals surface area contributed by atoms with Crippen LogP contribution in [0.4, 0.5) is 5.95 Å². The lowest BCUT2D eigenvalue weighted by molar-refractivity contribution is 0.0455. The summed E-state index contributed by atoms with van der Waals surface area (Å²) in [7, 11) is 1.70. The quantitative estimate of drug-likeness (QED) is 0.858. The summed E-state index contributed by atoms with van der Waals surface area (Å²) >= 11 is 0. The van der Waals surface area contributed by atoms with Gasteiger partial charge in [-0.3, -0.25) is 0 Å². The molecule has 0 bridgehead atoms. The van der Waals surface area contributed by atoms with Crippen molar-refractivity contribution >= 4 is 5.95 Å². The maximum absolute atomic E-state index is 5.28. The lowest BCUT2D eigenvalue weighted by atomic mass is 9.64. The molecular weight excluding hydrogens is 324 g/mol. The van der Waals surface area contributed by atoms with Crippen molar-refractivity contribution in [2.75, 3.05) is 12.4 Å². The number of anilines is 1. The molecule has 3 aliphatic rings. The number of aromatic nitrogens is 3. The smallest absolute Gasteiger partial charge is 0.222 e. The molecule has 0 radical (unpaired) electrons. The summed E-state index contributed by atoms with van der Waals surface area (Å²) in [4.78, 5) is 4.92. The third-order valence-corrected chi connectivity index (χ3v) is 6.87. The second-order valence-electron chi connectivity index (χ2n) is 8.21. The van der Waals surface area contributed by atoms with Gasteiger partial charge in [0.25, 0.3) is 0 Å². The molecule has 5 nitrogen and oxygen atoms in total. The van der Waals surface area contributed by atoms with Crippen molar-refractivity contribution in [3.63, 3.8) is 0 Å². The van der Waals surface area contributed by atoms with E-state index in [2.05, 4.69) is 22.1 Å². The number of fused-ring (bicyclic) bond motifs is 4. The van der Waals surface area contributed by atoms with Crippen LogP contribution in [0.3, 0.4) is 0 Å².